The van der Waals surface area contributed by atoms with Crippen molar-refractivity contribution in [3.8, 4) is 34.4 Å². The third kappa shape index (κ3) is 4.46. The van der Waals surface area contributed by atoms with Crippen LogP contribution in [0.4, 0.5) is 5.69 Å². The maximum atomic E-state index is 12.5. The van der Waals surface area contributed by atoms with Crippen molar-refractivity contribution in [1.29, 1.82) is 0 Å². The minimum atomic E-state index is -0.168. The molecule has 1 amide bonds. The number of carbonyl (C=O) groups is 1. The number of anilines is 1. The van der Waals surface area contributed by atoms with E-state index in [-0.39, 0.29) is 12.3 Å². The number of benzene rings is 2. The first-order chi connectivity index (χ1) is 16.6. The van der Waals surface area contributed by atoms with Crippen LogP contribution in [0.3, 0.4) is 0 Å². The topological polar surface area (TPSA) is 94.1 Å². The lowest BCUT2D eigenvalue weighted by molar-refractivity contribution is -0.115. The number of aromatic nitrogens is 3. The molecule has 0 aliphatic heterocycles. The number of aryl methyl sites for hydroxylation is 1. The SMILES string of the molecule is Cc1cnc(CC(=O)Nc2ccccc2)cc1-c1nc(-c2ncco2)c(-c2ccccc2Cl)o1. The first kappa shape index (κ1) is 21.6. The van der Waals surface area contributed by atoms with Crippen molar-refractivity contribution in [3.63, 3.8) is 0 Å². The van der Waals surface area contributed by atoms with E-state index in [1.54, 1.807) is 18.5 Å². The highest BCUT2D eigenvalue weighted by Gasteiger charge is 2.23. The van der Waals surface area contributed by atoms with Crippen molar-refractivity contribution in [2.75, 3.05) is 5.32 Å². The zero-order valence-corrected chi connectivity index (χ0v) is 18.9. The summed E-state index contributed by atoms with van der Waals surface area (Å²) in [5.41, 5.74) is 3.98. The Labute approximate surface area is 200 Å². The predicted octanol–water partition coefficient (Wildman–Crippen LogP) is 6.20. The second-order valence-corrected chi connectivity index (χ2v) is 8.00. The lowest BCUT2D eigenvalue weighted by atomic mass is 10.1. The van der Waals surface area contributed by atoms with Crippen LogP contribution in [0, 0.1) is 6.92 Å². The van der Waals surface area contributed by atoms with Crippen LogP contribution in [0.15, 0.2) is 88.2 Å². The van der Waals surface area contributed by atoms with E-state index >= 15 is 0 Å². The van der Waals surface area contributed by atoms with E-state index in [4.69, 9.17) is 20.4 Å². The van der Waals surface area contributed by atoms with Gasteiger partial charge in [-0.05, 0) is 42.8 Å². The highest BCUT2D eigenvalue weighted by Crippen LogP contribution is 2.39. The Morgan fingerprint density at radius 3 is 2.56 bits per heavy atom. The van der Waals surface area contributed by atoms with Gasteiger partial charge in [0.15, 0.2) is 11.5 Å². The van der Waals surface area contributed by atoms with Gasteiger partial charge in [-0.2, -0.15) is 0 Å². The number of carbonyl (C=O) groups excluding carboxylic acids is 1. The number of rotatable bonds is 6. The maximum Gasteiger partial charge on any atom is 0.249 e. The molecule has 3 aromatic heterocycles. The molecule has 0 bridgehead atoms. The molecule has 5 aromatic rings. The Kier molecular flexibility index (Phi) is 5.93. The van der Waals surface area contributed by atoms with Gasteiger partial charge in [0.1, 0.15) is 6.26 Å². The molecule has 34 heavy (non-hydrogen) atoms. The number of nitrogens with one attached hydrogen (secondary N) is 1. The Morgan fingerprint density at radius 1 is 1.00 bits per heavy atom. The van der Waals surface area contributed by atoms with E-state index in [1.807, 2.05) is 61.5 Å². The van der Waals surface area contributed by atoms with Gasteiger partial charge in [-0.1, -0.05) is 41.9 Å². The van der Waals surface area contributed by atoms with Crippen molar-refractivity contribution in [2.45, 2.75) is 13.3 Å². The molecule has 5 rings (SSSR count). The fourth-order valence-corrected chi connectivity index (χ4v) is 3.76. The molecule has 0 aliphatic rings. The highest BCUT2D eigenvalue weighted by molar-refractivity contribution is 6.33. The second-order valence-electron chi connectivity index (χ2n) is 7.60. The summed E-state index contributed by atoms with van der Waals surface area (Å²) >= 11 is 6.43. The highest BCUT2D eigenvalue weighted by atomic mass is 35.5. The first-order valence-corrected chi connectivity index (χ1v) is 10.9. The summed E-state index contributed by atoms with van der Waals surface area (Å²) in [6.45, 7) is 1.90. The van der Waals surface area contributed by atoms with Gasteiger partial charge in [-0.3, -0.25) is 9.78 Å². The van der Waals surface area contributed by atoms with Gasteiger partial charge in [0.25, 0.3) is 0 Å². The number of oxazole rings is 2. The van der Waals surface area contributed by atoms with Crippen LogP contribution >= 0.6 is 11.6 Å². The Balaban J connectivity index is 1.51. The molecule has 1 N–H and O–H groups in total. The van der Waals surface area contributed by atoms with Crippen molar-refractivity contribution in [1.82, 2.24) is 15.0 Å². The number of halogens is 1. The summed E-state index contributed by atoms with van der Waals surface area (Å²) in [6.07, 6.45) is 4.82. The average Bonchev–Trinajstić information content (AvgIpc) is 3.51. The fraction of sp³-hybridized carbons (Fsp3) is 0.0769. The largest absolute Gasteiger partial charge is 0.443 e. The summed E-state index contributed by atoms with van der Waals surface area (Å²) in [6, 6.07) is 18.4. The van der Waals surface area contributed by atoms with Crippen LogP contribution in [0.5, 0.6) is 0 Å². The molecule has 8 heteroatoms. The van der Waals surface area contributed by atoms with Gasteiger partial charge in [-0.25, -0.2) is 9.97 Å². The molecule has 0 saturated heterocycles. The minimum absolute atomic E-state index is 0.104. The van der Waals surface area contributed by atoms with Crippen LogP contribution in [0.1, 0.15) is 11.3 Å². The predicted molar refractivity (Wildman–Crippen MR) is 129 cm³/mol. The van der Waals surface area contributed by atoms with Crippen molar-refractivity contribution in [2.24, 2.45) is 0 Å². The van der Waals surface area contributed by atoms with Crippen LogP contribution < -0.4 is 5.32 Å². The molecule has 3 heterocycles. The van der Waals surface area contributed by atoms with Crippen molar-refractivity contribution >= 4 is 23.2 Å². The number of nitrogens with zero attached hydrogens (tertiary/aromatic N) is 3. The Morgan fingerprint density at radius 2 is 1.79 bits per heavy atom. The number of hydrogen-bond donors (Lipinski definition) is 1. The summed E-state index contributed by atoms with van der Waals surface area (Å²) in [7, 11) is 0. The number of amides is 1. The second kappa shape index (κ2) is 9.33. The fourth-order valence-electron chi connectivity index (χ4n) is 3.53. The van der Waals surface area contributed by atoms with Gasteiger partial charge < -0.3 is 14.2 Å². The Hall–Kier alpha value is -4.23. The van der Waals surface area contributed by atoms with E-state index < -0.39 is 0 Å². The van der Waals surface area contributed by atoms with Gasteiger partial charge in [-0.15, -0.1) is 0 Å². The molecular formula is C26H19ClN4O3. The summed E-state index contributed by atoms with van der Waals surface area (Å²) in [5.74, 6) is 0.951. The normalized spacial score (nSPS) is 10.9. The quantitative estimate of drug-likeness (QED) is 0.317. The smallest absolute Gasteiger partial charge is 0.249 e. The number of pyridine rings is 1. The zero-order valence-electron chi connectivity index (χ0n) is 18.2. The summed E-state index contributed by atoms with van der Waals surface area (Å²) in [4.78, 5) is 25.9. The maximum absolute atomic E-state index is 12.5. The van der Waals surface area contributed by atoms with E-state index in [0.717, 1.165) is 11.3 Å². The standard InChI is InChI=1S/C26H19ClN4O3/c1-16-15-29-18(14-22(32)30-17-7-3-2-4-8-17)13-20(16)25-31-23(26-28-11-12-33-26)24(34-25)19-9-5-6-10-21(19)27/h2-13,15H,14H2,1H3,(H,30,32). The molecule has 0 atom stereocenters. The van der Waals surface area contributed by atoms with Crippen LogP contribution in [-0.2, 0) is 11.2 Å². The van der Waals surface area contributed by atoms with E-state index in [9.17, 15) is 4.79 Å². The first-order valence-electron chi connectivity index (χ1n) is 10.5. The molecule has 0 saturated carbocycles. The number of para-hydroxylation sites is 1. The molecule has 168 valence electrons. The minimum Gasteiger partial charge on any atom is -0.443 e. The van der Waals surface area contributed by atoms with E-state index in [0.29, 0.717) is 45.1 Å². The van der Waals surface area contributed by atoms with Crippen LogP contribution in [0.2, 0.25) is 5.02 Å². The molecule has 0 aliphatic carbocycles. The van der Waals surface area contributed by atoms with Crippen LogP contribution in [0.25, 0.3) is 34.4 Å². The van der Waals surface area contributed by atoms with E-state index in [1.165, 1.54) is 6.26 Å². The van der Waals surface area contributed by atoms with Gasteiger partial charge in [0.05, 0.1) is 23.3 Å². The molecule has 0 spiro atoms. The molecule has 0 unspecified atom stereocenters. The molecule has 2 aromatic carbocycles. The Bertz CT molecular complexity index is 1450. The monoisotopic (exact) mass is 470 g/mol. The summed E-state index contributed by atoms with van der Waals surface area (Å²) < 4.78 is 11.7. The summed E-state index contributed by atoms with van der Waals surface area (Å²) in [5, 5.41) is 3.39. The molecular weight excluding hydrogens is 452 g/mol. The third-order valence-corrected chi connectivity index (χ3v) is 5.50. The number of hydrogen-bond acceptors (Lipinski definition) is 6. The van der Waals surface area contributed by atoms with Crippen molar-refractivity contribution < 1.29 is 13.6 Å². The lowest BCUT2D eigenvalue weighted by Crippen LogP contribution is -2.15. The molecule has 7 nitrogen and oxygen atoms in total. The average molecular weight is 471 g/mol. The van der Waals surface area contributed by atoms with Gasteiger partial charge >= 0.3 is 0 Å². The third-order valence-electron chi connectivity index (χ3n) is 5.17. The van der Waals surface area contributed by atoms with Gasteiger partial charge in [0, 0.05) is 23.0 Å². The molecule has 0 radical (unpaired) electrons. The van der Waals surface area contributed by atoms with Crippen LogP contribution in [-0.4, -0.2) is 20.9 Å². The lowest BCUT2D eigenvalue weighted by Gasteiger charge is -2.07. The van der Waals surface area contributed by atoms with E-state index in [2.05, 4.69) is 20.3 Å². The van der Waals surface area contributed by atoms with Crippen molar-refractivity contribution in [3.05, 3.63) is 95.6 Å². The zero-order chi connectivity index (χ0) is 23.5. The van der Waals surface area contributed by atoms with Gasteiger partial charge in [0.2, 0.25) is 17.7 Å². The molecule has 0 fully saturated rings.